The summed E-state index contributed by atoms with van der Waals surface area (Å²) in [4.78, 5) is 33.3. The van der Waals surface area contributed by atoms with Crippen molar-refractivity contribution in [3.8, 4) is 11.1 Å². The lowest BCUT2D eigenvalue weighted by molar-refractivity contribution is -0.385. The Labute approximate surface area is 145 Å². The summed E-state index contributed by atoms with van der Waals surface area (Å²) < 4.78 is 42.1. The number of nitrogens with zero attached hydrogens (tertiary/aromatic N) is 1. The average molecular weight is 367 g/mol. The van der Waals surface area contributed by atoms with Gasteiger partial charge in [0.1, 0.15) is 0 Å². The molecule has 0 aliphatic carbocycles. The first-order chi connectivity index (χ1) is 12.1. The number of nitro benzene ring substituents is 1. The number of carbonyl (C=O) groups is 2. The van der Waals surface area contributed by atoms with Gasteiger partial charge in [0.25, 0.3) is 5.69 Å². The second kappa shape index (κ2) is 7.34. The van der Waals surface area contributed by atoms with E-state index < -0.39 is 40.5 Å². The average Bonchev–Trinajstić information content (AvgIpc) is 2.60. The summed E-state index contributed by atoms with van der Waals surface area (Å²) in [5, 5.41) is 11.2. The second-order valence-electron chi connectivity index (χ2n) is 5.27. The number of ketones is 1. The van der Waals surface area contributed by atoms with Crippen molar-refractivity contribution in [3.05, 3.63) is 63.7 Å². The number of carbonyl (C=O) groups excluding carboxylic acids is 2. The van der Waals surface area contributed by atoms with Crippen LogP contribution in [0.1, 0.15) is 11.1 Å². The molecule has 0 unspecified atom stereocenters. The minimum Gasteiger partial charge on any atom is -0.463 e. The molecule has 0 saturated heterocycles. The smallest absolute Gasteiger partial charge is 0.416 e. The standard InChI is InChI=1S/C17H12F3NO5/c1-26-16(23)15(22)9-12-3-2-11(8-14(12)21(24)25)10-4-6-13(7-5-10)17(18,19)20/h2-8H,9H2,1H3. The molecule has 2 rings (SSSR count). The predicted molar refractivity (Wildman–Crippen MR) is 84.3 cm³/mol. The van der Waals surface area contributed by atoms with E-state index in [9.17, 15) is 32.9 Å². The Balaban J connectivity index is 2.37. The van der Waals surface area contributed by atoms with Gasteiger partial charge in [-0.3, -0.25) is 14.9 Å². The largest absolute Gasteiger partial charge is 0.463 e. The van der Waals surface area contributed by atoms with Crippen molar-refractivity contribution in [1.82, 2.24) is 0 Å². The van der Waals surface area contributed by atoms with E-state index >= 15 is 0 Å². The molecule has 136 valence electrons. The van der Waals surface area contributed by atoms with Crippen molar-refractivity contribution in [3.63, 3.8) is 0 Å². The molecule has 9 heteroatoms. The Morgan fingerprint density at radius 2 is 1.65 bits per heavy atom. The number of methoxy groups -OCH3 is 1. The SMILES string of the molecule is COC(=O)C(=O)Cc1ccc(-c2ccc(C(F)(F)F)cc2)cc1[N+](=O)[O-]. The van der Waals surface area contributed by atoms with Crippen LogP contribution in [-0.2, 0) is 26.9 Å². The van der Waals surface area contributed by atoms with Gasteiger partial charge in [-0.1, -0.05) is 24.3 Å². The molecule has 0 bridgehead atoms. The zero-order valence-electron chi connectivity index (χ0n) is 13.4. The minimum absolute atomic E-state index is 0.000983. The maximum atomic E-state index is 12.6. The van der Waals surface area contributed by atoms with Gasteiger partial charge in [0, 0.05) is 18.1 Å². The zero-order valence-corrected chi connectivity index (χ0v) is 13.4. The highest BCUT2D eigenvalue weighted by molar-refractivity contribution is 6.34. The first-order valence-electron chi connectivity index (χ1n) is 7.19. The predicted octanol–water partition coefficient (Wildman–Crippen LogP) is 3.57. The number of benzene rings is 2. The van der Waals surface area contributed by atoms with Crippen molar-refractivity contribution in [2.24, 2.45) is 0 Å². The lowest BCUT2D eigenvalue weighted by Gasteiger charge is -2.09. The molecule has 0 N–H and O–H groups in total. The third-order valence-electron chi connectivity index (χ3n) is 3.59. The van der Waals surface area contributed by atoms with Crippen molar-refractivity contribution < 1.29 is 32.4 Å². The number of ether oxygens (including phenoxy) is 1. The lowest BCUT2D eigenvalue weighted by atomic mass is 9.99. The Morgan fingerprint density at radius 3 is 2.15 bits per heavy atom. The molecule has 0 amide bonds. The third kappa shape index (κ3) is 4.24. The molecule has 0 aliphatic heterocycles. The summed E-state index contributed by atoms with van der Waals surface area (Å²) in [5.74, 6) is -2.07. The van der Waals surface area contributed by atoms with Crippen LogP contribution in [0, 0.1) is 10.1 Å². The van der Waals surface area contributed by atoms with Gasteiger partial charge in [-0.25, -0.2) is 4.79 Å². The summed E-state index contributed by atoms with van der Waals surface area (Å²) in [6, 6.07) is 7.98. The van der Waals surface area contributed by atoms with Gasteiger partial charge >= 0.3 is 12.1 Å². The topological polar surface area (TPSA) is 86.5 Å². The molecule has 6 nitrogen and oxygen atoms in total. The molecule has 0 spiro atoms. The summed E-state index contributed by atoms with van der Waals surface area (Å²) in [6.45, 7) is 0. The summed E-state index contributed by atoms with van der Waals surface area (Å²) in [7, 11) is 1.02. The van der Waals surface area contributed by atoms with Crippen LogP contribution >= 0.6 is 0 Å². The van der Waals surface area contributed by atoms with Crippen molar-refractivity contribution in [2.75, 3.05) is 7.11 Å². The molecule has 2 aromatic rings. The molecule has 0 aliphatic rings. The first-order valence-corrected chi connectivity index (χ1v) is 7.19. The van der Waals surface area contributed by atoms with Gasteiger partial charge in [0.05, 0.1) is 17.6 Å². The molecule has 2 aromatic carbocycles. The number of hydrogen-bond donors (Lipinski definition) is 0. The minimum atomic E-state index is -4.48. The lowest BCUT2D eigenvalue weighted by Crippen LogP contribution is -2.18. The van der Waals surface area contributed by atoms with Crippen LogP contribution in [-0.4, -0.2) is 23.8 Å². The van der Waals surface area contributed by atoms with Crippen molar-refractivity contribution in [1.29, 1.82) is 0 Å². The van der Waals surface area contributed by atoms with Gasteiger partial charge < -0.3 is 4.74 Å². The van der Waals surface area contributed by atoms with E-state index in [0.29, 0.717) is 11.1 Å². The van der Waals surface area contributed by atoms with Crippen LogP contribution in [0.2, 0.25) is 0 Å². The molecular weight excluding hydrogens is 355 g/mol. The van der Waals surface area contributed by atoms with E-state index in [1.54, 1.807) is 0 Å². The van der Waals surface area contributed by atoms with E-state index in [4.69, 9.17) is 0 Å². The van der Waals surface area contributed by atoms with Crippen LogP contribution in [0.25, 0.3) is 11.1 Å². The summed E-state index contributed by atoms with van der Waals surface area (Å²) in [6.07, 6.45) is -5.00. The number of hydrogen-bond acceptors (Lipinski definition) is 5. The van der Waals surface area contributed by atoms with Gasteiger partial charge in [-0.15, -0.1) is 0 Å². The molecule has 0 radical (unpaired) electrons. The van der Waals surface area contributed by atoms with Crippen LogP contribution < -0.4 is 0 Å². The maximum absolute atomic E-state index is 12.6. The van der Waals surface area contributed by atoms with E-state index in [1.165, 1.54) is 24.3 Å². The highest BCUT2D eigenvalue weighted by atomic mass is 19.4. The Kier molecular flexibility index (Phi) is 5.39. The number of halogens is 3. The monoisotopic (exact) mass is 367 g/mol. The van der Waals surface area contributed by atoms with Gasteiger partial charge in [-0.05, 0) is 23.3 Å². The molecule has 0 saturated carbocycles. The maximum Gasteiger partial charge on any atom is 0.416 e. The quantitative estimate of drug-likeness (QED) is 0.349. The number of rotatable bonds is 5. The van der Waals surface area contributed by atoms with Gasteiger partial charge in [-0.2, -0.15) is 13.2 Å². The third-order valence-corrected chi connectivity index (χ3v) is 3.59. The van der Waals surface area contributed by atoms with Crippen molar-refractivity contribution in [2.45, 2.75) is 12.6 Å². The van der Waals surface area contributed by atoms with E-state index in [-0.39, 0.29) is 5.56 Å². The first kappa shape index (κ1) is 19.1. The normalized spacial score (nSPS) is 11.1. The van der Waals surface area contributed by atoms with Gasteiger partial charge in [0.15, 0.2) is 0 Å². The number of nitro groups is 1. The molecule has 26 heavy (non-hydrogen) atoms. The van der Waals surface area contributed by atoms with Crippen LogP contribution in [0.4, 0.5) is 18.9 Å². The Morgan fingerprint density at radius 1 is 1.08 bits per heavy atom. The van der Waals surface area contributed by atoms with E-state index in [1.807, 2.05) is 0 Å². The Hall–Kier alpha value is -3.23. The van der Waals surface area contributed by atoms with Crippen molar-refractivity contribution >= 4 is 17.4 Å². The molecule has 0 heterocycles. The number of esters is 1. The number of Topliss-reactive ketones (excluding diaryl/α,β-unsaturated/α-hetero) is 1. The summed E-state index contributed by atoms with van der Waals surface area (Å²) >= 11 is 0. The zero-order chi connectivity index (χ0) is 19.5. The molecule has 0 aromatic heterocycles. The fourth-order valence-corrected chi connectivity index (χ4v) is 2.27. The summed E-state index contributed by atoms with van der Waals surface area (Å²) in [5.41, 5.74) is -0.608. The van der Waals surface area contributed by atoms with Crippen LogP contribution in [0.3, 0.4) is 0 Å². The molecule has 0 fully saturated rings. The second-order valence-corrected chi connectivity index (χ2v) is 5.27. The highest BCUT2D eigenvalue weighted by Crippen LogP contribution is 2.32. The molecular formula is C17H12F3NO5. The van der Waals surface area contributed by atoms with Gasteiger partial charge in [0.2, 0.25) is 5.78 Å². The molecule has 0 atom stereocenters. The van der Waals surface area contributed by atoms with Crippen LogP contribution in [0.5, 0.6) is 0 Å². The fourth-order valence-electron chi connectivity index (χ4n) is 2.27. The highest BCUT2D eigenvalue weighted by Gasteiger charge is 2.30. The fraction of sp³-hybridized carbons (Fsp3) is 0.176. The van der Waals surface area contributed by atoms with Crippen LogP contribution in [0.15, 0.2) is 42.5 Å². The Bertz CT molecular complexity index is 860. The van der Waals surface area contributed by atoms with E-state index in [0.717, 1.165) is 25.3 Å². The van der Waals surface area contributed by atoms with E-state index in [2.05, 4.69) is 4.74 Å². The number of alkyl halides is 3.